The van der Waals surface area contributed by atoms with Crippen LogP contribution in [0.4, 0.5) is 10.5 Å². The first-order valence-electron chi connectivity index (χ1n) is 7.70. The van der Waals surface area contributed by atoms with E-state index in [1.165, 1.54) is 0 Å². The number of piperazine rings is 1. The predicted molar refractivity (Wildman–Crippen MR) is 87.7 cm³/mol. The first-order chi connectivity index (χ1) is 11.3. The Morgan fingerprint density at radius 2 is 1.91 bits per heavy atom. The van der Waals surface area contributed by atoms with Crippen molar-refractivity contribution in [3.8, 4) is 5.75 Å². The van der Waals surface area contributed by atoms with Crippen molar-refractivity contribution < 1.29 is 13.9 Å². The molecule has 1 aromatic heterocycles. The highest BCUT2D eigenvalue weighted by Gasteiger charge is 2.21. The van der Waals surface area contributed by atoms with Gasteiger partial charge in [-0.3, -0.25) is 0 Å². The average molecular weight is 315 g/mol. The molecule has 0 spiro atoms. The molecule has 3 rings (SSSR count). The zero-order valence-corrected chi connectivity index (χ0v) is 13.2. The van der Waals surface area contributed by atoms with Gasteiger partial charge in [0.15, 0.2) is 0 Å². The molecular weight excluding hydrogens is 294 g/mol. The maximum absolute atomic E-state index is 12.2. The number of benzene rings is 1. The van der Waals surface area contributed by atoms with Gasteiger partial charge in [-0.05, 0) is 36.4 Å². The number of amides is 2. The Labute approximate surface area is 135 Å². The van der Waals surface area contributed by atoms with Crippen LogP contribution in [0.5, 0.6) is 5.75 Å². The second-order valence-electron chi connectivity index (χ2n) is 5.41. The van der Waals surface area contributed by atoms with Gasteiger partial charge in [0.2, 0.25) is 0 Å². The van der Waals surface area contributed by atoms with Crippen LogP contribution in [0.2, 0.25) is 0 Å². The molecule has 0 aliphatic carbocycles. The number of nitrogens with one attached hydrogen (secondary N) is 1. The Morgan fingerprint density at radius 3 is 2.52 bits per heavy atom. The number of anilines is 1. The Balaban J connectivity index is 1.48. The highest BCUT2D eigenvalue weighted by atomic mass is 16.5. The average Bonchev–Trinajstić information content (AvgIpc) is 3.13. The molecule has 0 atom stereocenters. The van der Waals surface area contributed by atoms with E-state index in [-0.39, 0.29) is 6.03 Å². The molecule has 1 N–H and O–H groups in total. The monoisotopic (exact) mass is 315 g/mol. The molecule has 1 saturated heterocycles. The zero-order chi connectivity index (χ0) is 16.1. The van der Waals surface area contributed by atoms with E-state index in [4.69, 9.17) is 9.15 Å². The smallest absolute Gasteiger partial charge is 0.317 e. The Hall–Kier alpha value is -2.63. The lowest BCUT2D eigenvalue weighted by Gasteiger charge is -2.36. The number of ether oxygens (including phenoxy) is 1. The fourth-order valence-electron chi connectivity index (χ4n) is 2.65. The molecule has 6 nitrogen and oxygen atoms in total. The third-order valence-corrected chi connectivity index (χ3v) is 4.00. The van der Waals surface area contributed by atoms with Crippen molar-refractivity contribution in [1.29, 1.82) is 0 Å². The maximum Gasteiger partial charge on any atom is 0.317 e. The molecule has 0 unspecified atom stereocenters. The molecule has 1 aromatic carbocycles. The molecule has 23 heavy (non-hydrogen) atoms. The molecule has 1 aliphatic heterocycles. The van der Waals surface area contributed by atoms with E-state index in [1.54, 1.807) is 13.4 Å². The van der Waals surface area contributed by atoms with E-state index in [0.29, 0.717) is 19.6 Å². The van der Waals surface area contributed by atoms with Crippen LogP contribution in [0, 0.1) is 0 Å². The summed E-state index contributed by atoms with van der Waals surface area (Å²) in [5, 5.41) is 2.88. The zero-order valence-electron chi connectivity index (χ0n) is 13.2. The fourth-order valence-corrected chi connectivity index (χ4v) is 2.65. The van der Waals surface area contributed by atoms with E-state index < -0.39 is 0 Å². The van der Waals surface area contributed by atoms with Gasteiger partial charge in [-0.2, -0.15) is 0 Å². The molecule has 2 amide bonds. The van der Waals surface area contributed by atoms with Crippen LogP contribution < -0.4 is 15.0 Å². The molecule has 2 aromatic rings. The molecule has 1 aliphatic rings. The van der Waals surface area contributed by atoms with Crippen molar-refractivity contribution in [2.75, 3.05) is 38.2 Å². The number of hydrogen-bond donors (Lipinski definition) is 1. The summed E-state index contributed by atoms with van der Waals surface area (Å²) < 4.78 is 10.4. The number of furan rings is 1. The van der Waals surface area contributed by atoms with Gasteiger partial charge in [0.05, 0.1) is 19.9 Å². The summed E-state index contributed by atoms with van der Waals surface area (Å²) in [6, 6.07) is 11.6. The Bertz CT molecular complexity index is 617. The summed E-state index contributed by atoms with van der Waals surface area (Å²) in [4.78, 5) is 16.3. The summed E-state index contributed by atoms with van der Waals surface area (Å²) in [7, 11) is 1.66. The van der Waals surface area contributed by atoms with Gasteiger partial charge in [-0.1, -0.05) is 0 Å². The quantitative estimate of drug-likeness (QED) is 0.941. The molecule has 0 saturated carbocycles. The highest BCUT2D eigenvalue weighted by molar-refractivity contribution is 5.74. The number of rotatable bonds is 4. The standard InChI is InChI=1S/C17H21N3O3/c1-22-15-6-4-14(5-7-15)19-8-10-20(11-9-19)17(21)18-13-16-3-2-12-23-16/h2-7,12H,8-11,13H2,1H3,(H,18,21). The second-order valence-corrected chi connectivity index (χ2v) is 5.41. The second kappa shape index (κ2) is 7.09. The summed E-state index contributed by atoms with van der Waals surface area (Å²) in [5.41, 5.74) is 1.15. The van der Waals surface area contributed by atoms with E-state index in [1.807, 2.05) is 41.3 Å². The SMILES string of the molecule is COc1ccc(N2CCN(C(=O)NCc3ccco3)CC2)cc1. The van der Waals surface area contributed by atoms with Gasteiger partial charge in [0.1, 0.15) is 11.5 Å². The van der Waals surface area contributed by atoms with Crippen molar-refractivity contribution >= 4 is 11.7 Å². The van der Waals surface area contributed by atoms with Gasteiger partial charge in [0.25, 0.3) is 0 Å². The minimum Gasteiger partial charge on any atom is -0.497 e. The number of carbonyl (C=O) groups excluding carboxylic acids is 1. The molecule has 6 heteroatoms. The first kappa shape index (κ1) is 15.3. The van der Waals surface area contributed by atoms with Crippen molar-refractivity contribution in [3.05, 3.63) is 48.4 Å². The largest absolute Gasteiger partial charge is 0.497 e. The number of methoxy groups -OCH3 is 1. The topological polar surface area (TPSA) is 58.0 Å². The number of hydrogen-bond acceptors (Lipinski definition) is 4. The van der Waals surface area contributed by atoms with Gasteiger partial charge >= 0.3 is 6.03 Å². The van der Waals surface area contributed by atoms with Gasteiger partial charge in [-0.25, -0.2) is 4.79 Å². The van der Waals surface area contributed by atoms with E-state index in [0.717, 1.165) is 30.3 Å². The molecule has 122 valence electrons. The van der Waals surface area contributed by atoms with Gasteiger partial charge in [-0.15, -0.1) is 0 Å². The normalized spacial score (nSPS) is 14.7. The van der Waals surface area contributed by atoms with Crippen LogP contribution in [0.25, 0.3) is 0 Å². The maximum atomic E-state index is 12.2. The van der Waals surface area contributed by atoms with Crippen LogP contribution in [-0.2, 0) is 6.54 Å². The van der Waals surface area contributed by atoms with E-state index >= 15 is 0 Å². The van der Waals surface area contributed by atoms with Crippen LogP contribution in [0.1, 0.15) is 5.76 Å². The summed E-state index contributed by atoms with van der Waals surface area (Å²) in [6.45, 7) is 3.47. The Kier molecular flexibility index (Phi) is 4.71. The van der Waals surface area contributed by atoms with Crippen LogP contribution >= 0.6 is 0 Å². The highest BCUT2D eigenvalue weighted by Crippen LogP contribution is 2.20. The third-order valence-electron chi connectivity index (χ3n) is 4.00. The molecular formula is C17H21N3O3. The number of nitrogens with zero attached hydrogens (tertiary/aromatic N) is 2. The summed E-state index contributed by atoms with van der Waals surface area (Å²) >= 11 is 0. The van der Waals surface area contributed by atoms with Crippen molar-refractivity contribution in [1.82, 2.24) is 10.2 Å². The molecule has 1 fully saturated rings. The minimum atomic E-state index is -0.0456. The van der Waals surface area contributed by atoms with Crippen molar-refractivity contribution in [2.24, 2.45) is 0 Å². The number of carbonyl (C=O) groups is 1. The van der Waals surface area contributed by atoms with Crippen LogP contribution in [0.3, 0.4) is 0 Å². The first-order valence-corrected chi connectivity index (χ1v) is 7.70. The lowest BCUT2D eigenvalue weighted by atomic mass is 10.2. The third kappa shape index (κ3) is 3.77. The molecule has 0 bridgehead atoms. The summed E-state index contributed by atoms with van der Waals surface area (Å²) in [5.74, 6) is 1.61. The van der Waals surface area contributed by atoms with Gasteiger partial charge in [0, 0.05) is 31.9 Å². The number of urea groups is 1. The van der Waals surface area contributed by atoms with Crippen molar-refractivity contribution in [2.45, 2.75) is 6.54 Å². The molecule has 0 radical (unpaired) electrons. The van der Waals surface area contributed by atoms with Crippen LogP contribution in [-0.4, -0.2) is 44.2 Å². The minimum absolute atomic E-state index is 0.0456. The van der Waals surface area contributed by atoms with Gasteiger partial charge < -0.3 is 24.3 Å². The van der Waals surface area contributed by atoms with Crippen molar-refractivity contribution in [3.63, 3.8) is 0 Å². The fraction of sp³-hybridized carbons (Fsp3) is 0.353. The predicted octanol–water partition coefficient (Wildman–Crippen LogP) is 2.32. The summed E-state index contributed by atoms with van der Waals surface area (Å²) in [6.07, 6.45) is 1.61. The lowest BCUT2D eigenvalue weighted by Crippen LogP contribution is -2.51. The molecule has 2 heterocycles. The van der Waals surface area contributed by atoms with E-state index in [2.05, 4.69) is 10.2 Å². The van der Waals surface area contributed by atoms with E-state index in [9.17, 15) is 4.79 Å². The lowest BCUT2D eigenvalue weighted by molar-refractivity contribution is 0.193. The Morgan fingerprint density at radius 1 is 1.17 bits per heavy atom. The van der Waals surface area contributed by atoms with Crippen LogP contribution in [0.15, 0.2) is 47.1 Å².